The summed E-state index contributed by atoms with van der Waals surface area (Å²) in [7, 11) is 0. The van der Waals surface area contributed by atoms with Crippen LogP contribution in [-0.4, -0.2) is 41.1 Å². The minimum absolute atomic E-state index is 0. The molecule has 0 atom stereocenters. The van der Waals surface area contributed by atoms with Gasteiger partial charge >= 0.3 is 0 Å². The third-order valence-corrected chi connectivity index (χ3v) is 4.53. The smallest absolute Gasteiger partial charge is 0.221 e. The average Bonchev–Trinajstić information content (AvgIpc) is 2.72. The molecule has 1 heterocycles. The van der Waals surface area contributed by atoms with Crippen molar-refractivity contribution in [2.24, 2.45) is 0 Å². The summed E-state index contributed by atoms with van der Waals surface area (Å²) >= 11 is 0. The number of rotatable bonds is 8. The van der Waals surface area contributed by atoms with Crippen molar-refractivity contribution < 1.29 is 4.74 Å². The van der Waals surface area contributed by atoms with E-state index in [-0.39, 0.29) is 18.4 Å². The molecule has 0 spiro atoms. The second-order valence-corrected chi connectivity index (χ2v) is 6.26. The van der Waals surface area contributed by atoms with E-state index in [9.17, 15) is 0 Å². The lowest BCUT2D eigenvalue weighted by molar-refractivity contribution is 0.223. The lowest BCUT2D eigenvalue weighted by atomic mass is 10.1. The molecule has 3 aromatic rings. The van der Waals surface area contributed by atoms with Crippen LogP contribution < -0.4 is 10.5 Å². The SMILES string of the molecule is CCN(CC)CCOc1ccc(-c2cc(-c3ccccc3)nc(N)n2)cc1.Cl. The van der Waals surface area contributed by atoms with Gasteiger partial charge in [0, 0.05) is 17.7 Å². The van der Waals surface area contributed by atoms with Crippen molar-refractivity contribution in [1.82, 2.24) is 14.9 Å². The Hall–Kier alpha value is -2.63. The summed E-state index contributed by atoms with van der Waals surface area (Å²) in [4.78, 5) is 11.1. The Balaban J connectivity index is 0.00000280. The first-order valence-electron chi connectivity index (χ1n) is 9.35. The molecule has 0 bridgehead atoms. The molecule has 2 aromatic carbocycles. The summed E-state index contributed by atoms with van der Waals surface area (Å²) in [6.45, 7) is 8.01. The molecule has 0 saturated heterocycles. The van der Waals surface area contributed by atoms with E-state index in [1.54, 1.807) is 0 Å². The van der Waals surface area contributed by atoms with Crippen LogP contribution in [0.1, 0.15) is 13.8 Å². The molecule has 0 fully saturated rings. The van der Waals surface area contributed by atoms with Gasteiger partial charge in [0.15, 0.2) is 0 Å². The summed E-state index contributed by atoms with van der Waals surface area (Å²) in [5.41, 5.74) is 9.55. The Kier molecular flexibility index (Phi) is 8.23. The number of halogens is 1. The van der Waals surface area contributed by atoms with Crippen molar-refractivity contribution in [2.45, 2.75) is 13.8 Å². The van der Waals surface area contributed by atoms with E-state index < -0.39 is 0 Å². The van der Waals surface area contributed by atoms with Crippen LogP contribution in [0.5, 0.6) is 5.75 Å². The third kappa shape index (κ3) is 5.68. The van der Waals surface area contributed by atoms with Crippen LogP contribution in [0.2, 0.25) is 0 Å². The number of hydrogen-bond acceptors (Lipinski definition) is 5. The van der Waals surface area contributed by atoms with Gasteiger partial charge in [0.1, 0.15) is 12.4 Å². The van der Waals surface area contributed by atoms with Gasteiger partial charge in [0.25, 0.3) is 0 Å². The molecule has 2 N–H and O–H groups in total. The van der Waals surface area contributed by atoms with E-state index in [2.05, 4.69) is 28.7 Å². The van der Waals surface area contributed by atoms with E-state index in [1.807, 2.05) is 60.7 Å². The van der Waals surface area contributed by atoms with Crippen LogP contribution in [0, 0.1) is 0 Å². The fraction of sp³-hybridized carbons (Fsp3) is 0.273. The quantitative estimate of drug-likeness (QED) is 0.603. The average molecular weight is 399 g/mol. The lowest BCUT2D eigenvalue weighted by Gasteiger charge is -2.18. The standard InChI is InChI=1S/C22H26N4O.ClH/c1-3-26(4-2)14-15-27-19-12-10-18(11-13-19)21-16-20(24-22(23)25-21)17-8-6-5-7-9-17;/h5-13,16H,3-4,14-15H2,1-2H3,(H2,23,24,25);1H. The Morgan fingerprint density at radius 2 is 1.43 bits per heavy atom. The second kappa shape index (κ2) is 10.6. The molecule has 0 unspecified atom stereocenters. The first-order valence-corrected chi connectivity index (χ1v) is 9.35. The number of ether oxygens (including phenoxy) is 1. The van der Waals surface area contributed by atoms with Gasteiger partial charge in [-0.05, 0) is 43.4 Å². The van der Waals surface area contributed by atoms with Crippen LogP contribution in [0.4, 0.5) is 5.95 Å². The first-order chi connectivity index (χ1) is 13.2. The van der Waals surface area contributed by atoms with E-state index in [1.165, 1.54) is 0 Å². The maximum Gasteiger partial charge on any atom is 0.221 e. The van der Waals surface area contributed by atoms with Gasteiger partial charge in [0.2, 0.25) is 5.95 Å². The summed E-state index contributed by atoms with van der Waals surface area (Å²) in [5.74, 6) is 1.13. The predicted molar refractivity (Wildman–Crippen MR) is 118 cm³/mol. The highest BCUT2D eigenvalue weighted by molar-refractivity contribution is 5.85. The van der Waals surface area contributed by atoms with Gasteiger partial charge < -0.3 is 15.4 Å². The fourth-order valence-corrected chi connectivity index (χ4v) is 2.92. The molecular formula is C22H27ClN4O. The summed E-state index contributed by atoms with van der Waals surface area (Å²) in [5, 5.41) is 0. The maximum absolute atomic E-state index is 5.93. The number of aromatic nitrogens is 2. The molecule has 0 saturated carbocycles. The fourth-order valence-electron chi connectivity index (χ4n) is 2.92. The minimum atomic E-state index is 0. The molecule has 0 aliphatic rings. The Morgan fingerprint density at radius 3 is 2.00 bits per heavy atom. The third-order valence-electron chi connectivity index (χ3n) is 4.53. The monoisotopic (exact) mass is 398 g/mol. The van der Waals surface area contributed by atoms with Gasteiger partial charge in [0.05, 0.1) is 11.4 Å². The van der Waals surface area contributed by atoms with Crippen molar-refractivity contribution in [1.29, 1.82) is 0 Å². The van der Waals surface area contributed by atoms with Gasteiger partial charge in [-0.25, -0.2) is 9.97 Å². The van der Waals surface area contributed by atoms with Crippen molar-refractivity contribution in [3.8, 4) is 28.3 Å². The van der Waals surface area contributed by atoms with Crippen LogP contribution in [0.25, 0.3) is 22.5 Å². The topological polar surface area (TPSA) is 64.3 Å². The zero-order chi connectivity index (χ0) is 19.1. The number of anilines is 1. The van der Waals surface area contributed by atoms with Crippen LogP contribution >= 0.6 is 12.4 Å². The highest BCUT2D eigenvalue weighted by Crippen LogP contribution is 2.25. The van der Waals surface area contributed by atoms with Crippen molar-refractivity contribution in [2.75, 3.05) is 32.0 Å². The number of hydrogen-bond donors (Lipinski definition) is 1. The second-order valence-electron chi connectivity index (χ2n) is 6.26. The highest BCUT2D eigenvalue weighted by Gasteiger charge is 2.07. The van der Waals surface area contributed by atoms with Crippen molar-refractivity contribution in [3.05, 3.63) is 60.7 Å². The highest BCUT2D eigenvalue weighted by atomic mass is 35.5. The molecular weight excluding hydrogens is 372 g/mol. The number of nitrogens with zero attached hydrogens (tertiary/aromatic N) is 3. The van der Waals surface area contributed by atoms with E-state index >= 15 is 0 Å². The molecule has 1 aromatic heterocycles. The first kappa shape index (κ1) is 21.7. The van der Waals surface area contributed by atoms with Gasteiger partial charge in [-0.3, -0.25) is 0 Å². The molecule has 5 nitrogen and oxygen atoms in total. The summed E-state index contributed by atoms with van der Waals surface area (Å²) in [6.07, 6.45) is 0. The van der Waals surface area contributed by atoms with Gasteiger partial charge in [-0.2, -0.15) is 0 Å². The Labute approximate surface area is 173 Å². The Bertz CT molecular complexity index is 852. The summed E-state index contributed by atoms with van der Waals surface area (Å²) in [6, 6.07) is 19.9. The van der Waals surface area contributed by atoms with Crippen molar-refractivity contribution in [3.63, 3.8) is 0 Å². The lowest BCUT2D eigenvalue weighted by Crippen LogP contribution is -2.27. The molecule has 148 valence electrons. The van der Waals surface area contributed by atoms with Crippen LogP contribution in [0.3, 0.4) is 0 Å². The van der Waals surface area contributed by atoms with Crippen LogP contribution in [0.15, 0.2) is 60.7 Å². The van der Waals surface area contributed by atoms with E-state index in [0.717, 1.165) is 47.9 Å². The molecule has 6 heteroatoms. The molecule has 28 heavy (non-hydrogen) atoms. The normalized spacial score (nSPS) is 10.5. The number of nitrogens with two attached hydrogens (primary N) is 1. The van der Waals surface area contributed by atoms with Crippen LogP contribution in [-0.2, 0) is 0 Å². The van der Waals surface area contributed by atoms with Crippen molar-refractivity contribution >= 4 is 18.4 Å². The van der Waals surface area contributed by atoms with Gasteiger partial charge in [-0.15, -0.1) is 12.4 Å². The number of likely N-dealkylation sites (N-methyl/N-ethyl adjacent to an activating group) is 1. The zero-order valence-electron chi connectivity index (χ0n) is 16.3. The summed E-state index contributed by atoms with van der Waals surface area (Å²) < 4.78 is 5.85. The largest absolute Gasteiger partial charge is 0.492 e. The number of benzene rings is 2. The molecule has 0 radical (unpaired) electrons. The van der Waals surface area contributed by atoms with E-state index in [0.29, 0.717) is 6.61 Å². The maximum atomic E-state index is 5.93. The minimum Gasteiger partial charge on any atom is -0.492 e. The van der Waals surface area contributed by atoms with E-state index in [4.69, 9.17) is 10.5 Å². The van der Waals surface area contributed by atoms with Gasteiger partial charge in [-0.1, -0.05) is 44.2 Å². The number of nitrogen functional groups attached to an aromatic ring is 1. The predicted octanol–water partition coefficient (Wildman–Crippen LogP) is 4.54. The molecule has 0 aliphatic carbocycles. The zero-order valence-corrected chi connectivity index (χ0v) is 17.2. The molecule has 0 aliphatic heterocycles. The molecule has 3 rings (SSSR count). The Morgan fingerprint density at radius 1 is 0.857 bits per heavy atom. The molecule has 0 amide bonds.